The maximum absolute atomic E-state index is 12.2. The molecule has 1 N–H and O–H groups in total. The number of nitrogens with zero attached hydrogens (tertiary/aromatic N) is 1. The molecule has 0 saturated heterocycles. The second-order valence-corrected chi connectivity index (χ2v) is 3.63. The molecule has 6 heteroatoms. The molecule has 0 saturated carbocycles. The third-order valence-corrected chi connectivity index (χ3v) is 2.03. The van der Waals surface area contributed by atoms with Crippen LogP contribution < -0.4 is 5.32 Å². The number of hydrogen-bond acceptors (Lipinski definition) is 3. The van der Waals surface area contributed by atoms with Gasteiger partial charge in [-0.2, -0.15) is 13.2 Å². The van der Waals surface area contributed by atoms with Crippen molar-refractivity contribution in [2.75, 3.05) is 46.4 Å². The predicted octanol–water partition coefficient (Wildman–Crippen LogP) is 1.50. The Bertz CT molecular complexity index is 165. The number of methoxy groups -OCH3 is 1. The van der Waals surface area contributed by atoms with Gasteiger partial charge in [0.15, 0.2) is 0 Å². The van der Waals surface area contributed by atoms with Gasteiger partial charge in [0, 0.05) is 26.7 Å². The third-order valence-electron chi connectivity index (χ3n) is 2.03. The molecule has 0 aromatic rings. The first-order chi connectivity index (χ1) is 7.49. The fourth-order valence-electron chi connectivity index (χ4n) is 1.38. The van der Waals surface area contributed by atoms with Crippen molar-refractivity contribution in [2.24, 2.45) is 0 Å². The Morgan fingerprint density at radius 1 is 1.19 bits per heavy atom. The van der Waals surface area contributed by atoms with E-state index in [4.69, 9.17) is 4.74 Å². The summed E-state index contributed by atoms with van der Waals surface area (Å²) in [4.78, 5) is 1.42. The highest BCUT2D eigenvalue weighted by Crippen LogP contribution is 2.16. The van der Waals surface area contributed by atoms with Gasteiger partial charge in [0.05, 0.1) is 13.2 Å². The molecule has 98 valence electrons. The third kappa shape index (κ3) is 10.2. The van der Waals surface area contributed by atoms with Crippen LogP contribution in [0.2, 0.25) is 0 Å². The van der Waals surface area contributed by atoms with Gasteiger partial charge in [-0.05, 0) is 13.0 Å². The minimum atomic E-state index is -4.11. The van der Waals surface area contributed by atoms with E-state index in [0.29, 0.717) is 32.8 Å². The highest BCUT2D eigenvalue weighted by atomic mass is 19.4. The van der Waals surface area contributed by atoms with Crippen molar-refractivity contribution in [3.8, 4) is 0 Å². The second-order valence-electron chi connectivity index (χ2n) is 3.63. The standard InChI is InChI=1S/C10H21F3N2O/c1-3-6-15(9-10(11,12)13)7-4-14-5-8-16-2/h14H,3-9H2,1-2H3. The van der Waals surface area contributed by atoms with Crippen molar-refractivity contribution in [1.82, 2.24) is 10.2 Å². The summed E-state index contributed by atoms with van der Waals surface area (Å²) < 4.78 is 41.4. The van der Waals surface area contributed by atoms with Gasteiger partial charge < -0.3 is 10.1 Å². The zero-order valence-corrected chi connectivity index (χ0v) is 9.94. The van der Waals surface area contributed by atoms with Gasteiger partial charge >= 0.3 is 6.18 Å². The van der Waals surface area contributed by atoms with Gasteiger partial charge in [-0.1, -0.05) is 6.92 Å². The minimum absolute atomic E-state index is 0.414. The molecule has 0 amide bonds. The SMILES string of the molecule is CCCN(CCNCCOC)CC(F)(F)F. The van der Waals surface area contributed by atoms with E-state index < -0.39 is 12.7 Å². The molecule has 0 rings (SSSR count). The molecule has 0 aliphatic carbocycles. The molecule has 0 unspecified atom stereocenters. The van der Waals surface area contributed by atoms with Gasteiger partial charge in [0.25, 0.3) is 0 Å². The Morgan fingerprint density at radius 3 is 2.38 bits per heavy atom. The molecule has 0 atom stereocenters. The number of rotatable bonds is 9. The molecule has 0 bridgehead atoms. The largest absolute Gasteiger partial charge is 0.401 e. The number of halogens is 3. The van der Waals surface area contributed by atoms with E-state index in [1.165, 1.54) is 4.90 Å². The smallest absolute Gasteiger partial charge is 0.383 e. The highest BCUT2D eigenvalue weighted by molar-refractivity contribution is 4.64. The lowest BCUT2D eigenvalue weighted by Crippen LogP contribution is -2.39. The molecule has 0 aromatic heterocycles. The van der Waals surface area contributed by atoms with Gasteiger partial charge in [-0.15, -0.1) is 0 Å². The van der Waals surface area contributed by atoms with Crippen LogP contribution in [0.1, 0.15) is 13.3 Å². The van der Waals surface area contributed by atoms with Gasteiger partial charge in [-0.3, -0.25) is 4.90 Å². The van der Waals surface area contributed by atoms with Crippen molar-refractivity contribution in [1.29, 1.82) is 0 Å². The molecule has 0 heterocycles. The summed E-state index contributed by atoms with van der Waals surface area (Å²) in [6.45, 7) is 3.74. The van der Waals surface area contributed by atoms with E-state index >= 15 is 0 Å². The molecule has 3 nitrogen and oxygen atoms in total. The first-order valence-electron chi connectivity index (χ1n) is 5.48. The number of alkyl halides is 3. The van der Waals surface area contributed by atoms with Crippen LogP contribution >= 0.6 is 0 Å². The van der Waals surface area contributed by atoms with Gasteiger partial charge in [0.1, 0.15) is 0 Å². The van der Waals surface area contributed by atoms with Crippen LogP contribution in [-0.4, -0.2) is 57.5 Å². The van der Waals surface area contributed by atoms with E-state index in [9.17, 15) is 13.2 Å². The average molecular weight is 242 g/mol. The zero-order valence-electron chi connectivity index (χ0n) is 9.94. The molecule has 0 aromatic carbocycles. The summed E-state index contributed by atoms with van der Waals surface area (Å²) >= 11 is 0. The maximum atomic E-state index is 12.2. The van der Waals surface area contributed by atoms with Crippen molar-refractivity contribution in [3.05, 3.63) is 0 Å². The van der Waals surface area contributed by atoms with Crippen LogP contribution in [0.15, 0.2) is 0 Å². The predicted molar refractivity (Wildman–Crippen MR) is 57.5 cm³/mol. The Morgan fingerprint density at radius 2 is 1.88 bits per heavy atom. The number of nitrogens with one attached hydrogen (secondary N) is 1. The number of hydrogen-bond donors (Lipinski definition) is 1. The van der Waals surface area contributed by atoms with Crippen LogP contribution in [0.5, 0.6) is 0 Å². The zero-order chi connectivity index (χ0) is 12.4. The van der Waals surface area contributed by atoms with Crippen molar-refractivity contribution < 1.29 is 17.9 Å². The van der Waals surface area contributed by atoms with Crippen molar-refractivity contribution in [2.45, 2.75) is 19.5 Å². The van der Waals surface area contributed by atoms with Crippen molar-refractivity contribution in [3.63, 3.8) is 0 Å². The Labute approximate surface area is 94.9 Å². The monoisotopic (exact) mass is 242 g/mol. The van der Waals surface area contributed by atoms with Crippen LogP contribution in [0.4, 0.5) is 13.2 Å². The van der Waals surface area contributed by atoms with Crippen LogP contribution in [0.3, 0.4) is 0 Å². The normalized spacial score (nSPS) is 12.4. The topological polar surface area (TPSA) is 24.5 Å². The molecular weight excluding hydrogens is 221 g/mol. The summed E-state index contributed by atoms with van der Waals surface area (Å²) in [5.74, 6) is 0. The van der Waals surface area contributed by atoms with Gasteiger partial charge in [-0.25, -0.2) is 0 Å². The van der Waals surface area contributed by atoms with Crippen LogP contribution in [-0.2, 0) is 4.74 Å². The minimum Gasteiger partial charge on any atom is -0.383 e. The van der Waals surface area contributed by atoms with Crippen LogP contribution in [0, 0.1) is 0 Å². The summed E-state index contributed by atoms with van der Waals surface area (Å²) in [6, 6.07) is 0. The summed E-state index contributed by atoms with van der Waals surface area (Å²) in [7, 11) is 1.59. The molecule has 16 heavy (non-hydrogen) atoms. The quantitative estimate of drug-likeness (QED) is 0.620. The summed E-state index contributed by atoms with van der Waals surface area (Å²) in [5, 5.41) is 3.03. The highest BCUT2D eigenvalue weighted by Gasteiger charge is 2.29. The van der Waals surface area contributed by atoms with E-state index in [1.54, 1.807) is 7.11 Å². The Hall–Kier alpha value is -0.330. The lowest BCUT2D eigenvalue weighted by atomic mass is 10.4. The first-order valence-corrected chi connectivity index (χ1v) is 5.48. The molecule has 0 fully saturated rings. The summed E-state index contributed by atoms with van der Waals surface area (Å²) in [6.07, 6.45) is -3.38. The Kier molecular flexibility index (Phi) is 8.60. The lowest BCUT2D eigenvalue weighted by molar-refractivity contribution is -0.145. The van der Waals surface area contributed by atoms with Crippen molar-refractivity contribution >= 4 is 0 Å². The molecule has 0 spiro atoms. The fourth-order valence-corrected chi connectivity index (χ4v) is 1.38. The summed E-state index contributed by atoms with van der Waals surface area (Å²) in [5.41, 5.74) is 0. The lowest BCUT2D eigenvalue weighted by Gasteiger charge is -2.23. The van der Waals surface area contributed by atoms with Gasteiger partial charge in [0.2, 0.25) is 0 Å². The van der Waals surface area contributed by atoms with E-state index in [0.717, 1.165) is 6.42 Å². The van der Waals surface area contributed by atoms with E-state index in [-0.39, 0.29) is 0 Å². The number of ether oxygens (including phenoxy) is 1. The van der Waals surface area contributed by atoms with Crippen LogP contribution in [0.25, 0.3) is 0 Å². The Balaban J connectivity index is 3.68. The molecule has 0 radical (unpaired) electrons. The second kappa shape index (κ2) is 8.78. The first kappa shape index (κ1) is 15.7. The van der Waals surface area contributed by atoms with E-state index in [2.05, 4.69) is 5.32 Å². The molecule has 0 aliphatic rings. The molecule has 0 aliphatic heterocycles. The van der Waals surface area contributed by atoms with E-state index in [1.807, 2.05) is 6.92 Å². The fraction of sp³-hybridized carbons (Fsp3) is 1.00. The average Bonchev–Trinajstić information content (AvgIpc) is 2.15. The maximum Gasteiger partial charge on any atom is 0.401 e. The molecular formula is C10H21F3N2O.